The van der Waals surface area contributed by atoms with Gasteiger partial charge in [0.2, 0.25) is 0 Å². The van der Waals surface area contributed by atoms with Crippen molar-refractivity contribution >= 4 is 9.84 Å². The molecule has 0 radical (unpaired) electrons. The summed E-state index contributed by atoms with van der Waals surface area (Å²) in [7, 11) is -3.18. The first-order valence-corrected chi connectivity index (χ1v) is 8.43. The lowest BCUT2D eigenvalue weighted by molar-refractivity contribution is 0.586. The van der Waals surface area contributed by atoms with E-state index in [0.717, 1.165) is 18.4 Å². The third-order valence-electron chi connectivity index (χ3n) is 3.43. The summed E-state index contributed by atoms with van der Waals surface area (Å²) in [4.78, 5) is 0.443. The summed E-state index contributed by atoms with van der Waals surface area (Å²) >= 11 is 0. The molecule has 106 valence electrons. The van der Waals surface area contributed by atoms with E-state index in [-0.39, 0.29) is 5.25 Å². The number of hydrogen-bond donors (Lipinski definition) is 0. The standard InChI is InChI=1S/C16H24O2S/c1-5-7-9-14(6-2)15-10-8-11-16(12-15)19(17,18)13(3)4/h5,7-8,10-14H,6,9H2,1-4H3/b7-5-. The van der Waals surface area contributed by atoms with Gasteiger partial charge in [-0.1, -0.05) is 31.2 Å². The molecule has 2 nitrogen and oxygen atoms in total. The van der Waals surface area contributed by atoms with Crippen molar-refractivity contribution in [3.8, 4) is 0 Å². The summed E-state index contributed by atoms with van der Waals surface area (Å²) < 4.78 is 24.4. The Morgan fingerprint density at radius 1 is 1.26 bits per heavy atom. The normalized spacial score (nSPS) is 14.2. The third-order valence-corrected chi connectivity index (χ3v) is 5.58. The molecule has 0 aliphatic carbocycles. The summed E-state index contributed by atoms with van der Waals surface area (Å²) in [6.07, 6.45) is 6.14. The Labute approximate surface area is 117 Å². The number of benzene rings is 1. The van der Waals surface area contributed by atoms with Gasteiger partial charge in [-0.3, -0.25) is 0 Å². The van der Waals surface area contributed by atoms with Gasteiger partial charge in [-0.05, 0) is 57.2 Å². The van der Waals surface area contributed by atoms with Crippen LogP contribution in [-0.4, -0.2) is 13.7 Å². The smallest absolute Gasteiger partial charge is 0.180 e. The van der Waals surface area contributed by atoms with Crippen LogP contribution >= 0.6 is 0 Å². The lowest BCUT2D eigenvalue weighted by atomic mass is 9.93. The van der Waals surface area contributed by atoms with Crippen LogP contribution < -0.4 is 0 Å². The van der Waals surface area contributed by atoms with Crippen molar-refractivity contribution in [1.29, 1.82) is 0 Å². The molecule has 3 heteroatoms. The second kappa shape index (κ2) is 6.90. The van der Waals surface area contributed by atoms with Gasteiger partial charge in [-0.2, -0.15) is 0 Å². The van der Waals surface area contributed by atoms with Crippen molar-refractivity contribution in [2.75, 3.05) is 0 Å². The Hall–Kier alpha value is -1.09. The van der Waals surface area contributed by atoms with E-state index in [4.69, 9.17) is 0 Å². The van der Waals surface area contributed by atoms with Gasteiger partial charge in [-0.25, -0.2) is 8.42 Å². The van der Waals surface area contributed by atoms with E-state index in [1.54, 1.807) is 19.9 Å². The quantitative estimate of drug-likeness (QED) is 0.727. The van der Waals surface area contributed by atoms with Crippen molar-refractivity contribution in [1.82, 2.24) is 0 Å². The van der Waals surface area contributed by atoms with Crippen LogP contribution in [0.5, 0.6) is 0 Å². The number of sulfone groups is 1. The Bertz CT molecular complexity index is 527. The Balaban J connectivity index is 3.12. The summed E-state index contributed by atoms with van der Waals surface area (Å²) in [5, 5.41) is -0.377. The largest absolute Gasteiger partial charge is 0.223 e. The number of rotatable bonds is 6. The van der Waals surface area contributed by atoms with E-state index in [1.165, 1.54) is 0 Å². The van der Waals surface area contributed by atoms with Gasteiger partial charge in [-0.15, -0.1) is 0 Å². The van der Waals surface area contributed by atoms with Gasteiger partial charge < -0.3 is 0 Å². The molecule has 1 unspecified atom stereocenters. The summed E-state index contributed by atoms with van der Waals surface area (Å²) in [6.45, 7) is 7.59. The van der Waals surface area contributed by atoms with E-state index in [2.05, 4.69) is 13.0 Å². The number of hydrogen-bond acceptors (Lipinski definition) is 2. The second-order valence-electron chi connectivity index (χ2n) is 5.08. The van der Waals surface area contributed by atoms with Crippen LogP contribution in [-0.2, 0) is 9.84 Å². The van der Waals surface area contributed by atoms with Crippen molar-refractivity contribution in [3.63, 3.8) is 0 Å². The van der Waals surface area contributed by atoms with E-state index in [1.807, 2.05) is 31.2 Å². The summed E-state index contributed by atoms with van der Waals surface area (Å²) in [5.41, 5.74) is 1.11. The minimum atomic E-state index is -3.18. The fourth-order valence-corrected chi connectivity index (χ4v) is 3.17. The van der Waals surface area contributed by atoms with Gasteiger partial charge in [0.15, 0.2) is 9.84 Å². The molecule has 0 N–H and O–H groups in total. The fraction of sp³-hybridized carbons (Fsp3) is 0.500. The molecule has 1 aromatic rings. The van der Waals surface area contributed by atoms with E-state index in [9.17, 15) is 8.42 Å². The van der Waals surface area contributed by atoms with Crippen molar-refractivity contribution in [3.05, 3.63) is 42.0 Å². The molecule has 0 heterocycles. The highest BCUT2D eigenvalue weighted by Gasteiger charge is 2.20. The highest BCUT2D eigenvalue weighted by Crippen LogP contribution is 2.27. The Morgan fingerprint density at radius 3 is 2.47 bits per heavy atom. The maximum absolute atomic E-state index is 12.2. The number of allylic oxidation sites excluding steroid dienone is 2. The molecule has 0 aliphatic rings. The zero-order valence-electron chi connectivity index (χ0n) is 12.3. The molecule has 0 bridgehead atoms. The Kier molecular flexibility index (Phi) is 5.80. The average molecular weight is 280 g/mol. The van der Waals surface area contributed by atoms with Crippen LogP contribution in [0.25, 0.3) is 0 Å². The highest BCUT2D eigenvalue weighted by molar-refractivity contribution is 7.92. The fourth-order valence-electron chi connectivity index (χ4n) is 2.06. The van der Waals surface area contributed by atoms with Gasteiger partial charge in [0.1, 0.15) is 0 Å². The van der Waals surface area contributed by atoms with Crippen molar-refractivity contribution in [2.24, 2.45) is 0 Å². The van der Waals surface area contributed by atoms with E-state index >= 15 is 0 Å². The molecular formula is C16H24O2S. The topological polar surface area (TPSA) is 34.1 Å². The Morgan fingerprint density at radius 2 is 1.95 bits per heavy atom. The maximum Gasteiger partial charge on any atom is 0.180 e. The zero-order chi connectivity index (χ0) is 14.5. The van der Waals surface area contributed by atoms with Crippen molar-refractivity contribution < 1.29 is 8.42 Å². The summed E-state index contributed by atoms with van der Waals surface area (Å²) in [6, 6.07) is 7.41. The van der Waals surface area contributed by atoms with Gasteiger partial charge >= 0.3 is 0 Å². The third kappa shape index (κ3) is 3.93. The molecule has 0 saturated carbocycles. The van der Waals surface area contributed by atoms with Gasteiger partial charge in [0.05, 0.1) is 10.1 Å². The van der Waals surface area contributed by atoms with E-state index < -0.39 is 9.84 Å². The molecular weight excluding hydrogens is 256 g/mol. The molecule has 1 aromatic carbocycles. The first-order valence-electron chi connectivity index (χ1n) is 6.88. The second-order valence-corrected chi connectivity index (χ2v) is 7.58. The molecule has 0 spiro atoms. The molecule has 0 fully saturated rings. The van der Waals surface area contributed by atoms with E-state index in [0.29, 0.717) is 10.8 Å². The molecule has 0 aliphatic heterocycles. The molecule has 1 atom stereocenters. The van der Waals surface area contributed by atoms with Crippen LogP contribution in [0, 0.1) is 0 Å². The zero-order valence-corrected chi connectivity index (χ0v) is 13.1. The van der Waals surface area contributed by atoms with Crippen LogP contribution in [0.15, 0.2) is 41.3 Å². The lowest BCUT2D eigenvalue weighted by Gasteiger charge is -2.15. The molecule has 0 saturated heterocycles. The van der Waals surface area contributed by atoms with Crippen LogP contribution in [0.2, 0.25) is 0 Å². The van der Waals surface area contributed by atoms with Gasteiger partial charge in [0.25, 0.3) is 0 Å². The lowest BCUT2D eigenvalue weighted by Crippen LogP contribution is -2.14. The highest BCUT2D eigenvalue weighted by atomic mass is 32.2. The summed E-state index contributed by atoms with van der Waals surface area (Å²) in [5.74, 6) is 0.388. The first-order chi connectivity index (χ1) is 8.93. The minimum Gasteiger partial charge on any atom is -0.223 e. The molecule has 0 aromatic heterocycles. The van der Waals surface area contributed by atoms with Crippen molar-refractivity contribution in [2.45, 2.75) is 56.6 Å². The maximum atomic E-state index is 12.2. The van der Waals surface area contributed by atoms with Crippen LogP contribution in [0.1, 0.15) is 52.0 Å². The van der Waals surface area contributed by atoms with Gasteiger partial charge in [0, 0.05) is 0 Å². The monoisotopic (exact) mass is 280 g/mol. The van der Waals surface area contributed by atoms with Crippen LogP contribution in [0.3, 0.4) is 0 Å². The SMILES string of the molecule is C/C=C\CC(CC)c1cccc(S(=O)(=O)C(C)C)c1. The first kappa shape index (κ1) is 16.0. The predicted molar refractivity (Wildman–Crippen MR) is 81.2 cm³/mol. The predicted octanol–water partition coefficient (Wildman–Crippen LogP) is 4.33. The molecule has 1 rings (SSSR count). The van der Waals surface area contributed by atoms with Crippen LogP contribution in [0.4, 0.5) is 0 Å². The average Bonchev–Trinajstić information content (AvgIpc) is 2.40. The minimum absolute atomic E-state index is 0.377. The molecule has 19 heavy (non-hydrogen) atoms. The molecule has 0 amide bonds.